The van der Waals surface area contributed by atoms with Crippen molar-refractivity contribution in [2.75, 3.05) is 7.05 Å². The predicted octanol–water partition coefficient (Wildman–Crippen LogP) is 0.150. The molecule has 4 nitrogen and oxygen atoms in total. The molecule has 0 saturated carbocycles. The molecule has 0 spiro atoms. The van der Waals surface area contributed by atoms with E-state index in [2.05, 4.69) is 11.3 Å². The van der Waals surface area contributed by atoms with Crippen LogP contribution in [-0.2, 0) is 9.53 Å². The fourth-order valence-corrected chi connectivity index (χ4v) is 0.744. The van der Waals surface area contributed by atoms with Crippen molar-refractivity contribution in [3.8, 4) is 0 Å². The number of ether oxygens (including phenoxy) is 1. The number of hydrogen-bond donors (Lipinski definition) is 0. The van der Waals surface area contributed by atoms with Crippen molar-refractivity contribution >= 4 is 12.1 Å². The van der Waals surface area contributed by atoms with Crippen LogP contribution in [0.3, 0.4) is 0 Å². The average Bonchev–Trinajstić information content (AvgIpc) is 2.09. The van der Waals surface area contributed by atoms with Gasteiger partial charge in [-0.15, -0.1) is 6.58 Å². The SMILES string of the molecule is C=C[C@H]1C(=O)OC(=O)N1C. The summed E-state index contributed by atoms with van der Waals surface area (Å²) >= 11 is 0. The maximum atomic E-state index is 10.7. The van der Waals surface area contributed by atoms with E-state index in [-0.39, 0.29) is 0 Å². The number of carbonyl (C=O) groups excluding carboxylic acids is 2. The Morgan fingerprint density at radius 1 is 1.70 bits per heavy atom. The lowest BCUT2D eigenvalue weighted by Crippen LogP contribution is -2.28. The minimum atomic E-state index is -0.616. The van der Waals surface area contributed by atoms with Crippen LogP contribution < -0.4 is 0 Å². The van der Waals surface area contributed by atoms with E-state index in [1.54, 1.807) is 0 Å². The maximum absolute atomic E-state index is 10.7. The average molecular weight is 141 g/mol. The first-order chi connectivity index (χ1) is 4.66. The molecule has 0 N–H and O–H groups in total. The summed E-state index contributed by atoms with van der Waals surface area (Å²) in [5.41, 5.74) is 0. The molecule has 1 heterocycles. The van der Waals surface area contributed by atoms with Crippen molar-refractivity contribution in [3.63, 3.8) is 0 Å². The van der Waals surface area contributed by atoms with Gasteiger partial charge in [-0.2, -0.15) is 0 Å². The van der Waals surface area contributed by atoms with Gasteiger partial charge in [0, 0.05) is 7.05 Å². The third kappa shape index (κ3) is 0.775. The van der Waals surface area contributed by atoms with E-state index in [9.17, 15) is 9.59 Å². The maximum Gasteiger partial charge on any atom is 0.418 e. The van der Waals surface area contributed by atoms with Crippen molar-refractivity contribution in [3.05, 3.63) is 12.7 Å². The van der Waals surface area contributed by atoms with Crippen molar-refractivity contribution in [1.82, 2.24) is 4.90 Å². The second-order valence-electron chi connectivity index (χ2n) is 1.98. The summed E-state index contributed by atoms with van der Waals surface area (Å²) in [6, 6.07) is -0.604. The third-order valence-corrected chi connectivity index (χ3v) is 1.36. The largest absolute Gasteiger partial charge is 0.418 e. The number of carbonyl (C=O) groups is 2. The lowest BCUT2D eigenvalue weighted by Gasteiger charge is -2.07. The summed E-state index contributed by atoms with van der Waals surface area (Å²) in [5, 5.41) is 0. The molecular formula is C6H7NO3. The molecule has 1 amide bonds. The summed E-state index contributed by atoms with van der Waals surface area (Å²) in [6.45, 7) is 3.38. The number of hydrogen-bond acceptors (Lipinski definition) is 3. The summed E-state index contributed by atoms with van der Waals surface area (Å²) < 4.78 is 4.25. The molecule has 0 aliphatic carbocycles. The number of rotatable bonds is 1. The highest BCUT2D eigenvalue weighted by molar-refractivity contribution is 5.96. The fourth-order valence-electron chi connectivity index (χ4n) is 0.744. The first-order valence-corrected chi connectivity index (χ1v) is 2.78. The highest BCUT2D eigenvalue weighted by Gasteiger charge is 2.35. The number of cyclic esters (lactones) is 2. The minimum absolute atomic E-state index is 0.553. The summed E-state index contributed by atoms with van der Waals surface area (Å²) in [6.07, 6.45) is 0.752. The van der Waals surface area contributed by atoms with E-state index in [1.807, 2.05) is 0 Å². The van der Waals surface area contributed by atoms with Crippen molar-refractivity contribution in [2.45, 2.75) is 6.04 Å². The molecule has 1 saturated heterocycles. The topological polar surface area (TPSA) is 46.6 Å². The number of likely N-dealkylation sites (N-methyl/N-ethyl adjacent to an activating group) is 1. The van der Waals surface area contributed by atoms with E-state index < -0.39 is 18.1 Å². The van der Waals surface area contributed by atoms with E-state index in [0.29, 0.717) is 0 Å². The second kappa shape index (κ2) is 2.13. The first kappa shape index (κ1) is 6.80. The van der Waals surface area contributed by atoms with Gasteiger partial charge in [0.15, 0.2) is 6.04 Å². The Morgan fingerprint density at radius 2 is 2.30 bits per heavy atom. The van der Waals surface area contributed by atoms with Gasteiger partial charge in [-0.3, -0.25) is 4.90 Å². The number of amides is 1. The van der Waals surface area contributed by atoms with Crippen LogP contribution >= 0.6 is 0 Å². The smallest absolute Gasteiger partial charge is 0.374 e. The zero-order valence-electron chi connectivity index (χ0n) is 5.53. The van der Waals surface area contributed by atoms with Gasteiger partial charge in [-0.05, 0) is 0 Å². The molecule has 4 heteroatoms. The van der Waals surface area contributed by atoms with Gasteiger partial charge < -0.3 is 4.74 Å². The van der Waals surface area contributed by atoms with Crippen molar-refractivity contribution in [1.29, 1.82) is 0 Å². The molecule has 0 radical (unpaired) electrons. The Bertz CT molecular complexity index is 199. The van der Waals surface area contributed by atoms with E-state index in [0.717, 1.165) is 0 Å². The molecule has 0 aromatic rings. The Morgan fingerprint density at radius 3 is 2.50 bits per heavy atom. The normalized spacial score (nSPS) is 24.9. The van der Waals surface area contributed by atoms with Gasteiger partial charge in [0.1, 0.15) is 0 Å². The standard InChI is InChI=1S/C6H7NO3/c1-3-4-5(8)10-6(9)7(4)2/h3-4H,1H2,2H3/t4-/m0/s1. The predicted molar refractivity (Wildman–Crippen MR) is 33.2 cm³/mol. The lowest BCUT2D eigenvalue weighted by atomic mass is 10.3. The van der Waals surface area contributed by atoms with Gasteiger partial charge in [0.2, 0.25) is 0 Å². The van der Waals surface area contributed by atoms with E-state index in [4.69, 9.17) is 0 Å². The molecule has 10 heavy (non-hydrogen) atoms. The van der Waals surface area contributed by atoms with Gasteiger partial charge in [0.05, 0.1) is 0 Å². The first-order valence-electron chi connectivity index (χ1n) is 2.78. The minimum Gasteiger partial charge on any atom is -0.374 e. The molecule has 1 fully saturated rings. The van der Waals surface area contributed by atoms with Crippen LogP contribution in [0.2, 0.25) is 0 Å². The molecule has 1 aliphatic rings. The third-order valence-electron chi connectivity index (χ3n) is 1.36. The Hall–Kier alpha value is -1.32. The van der Waals surface area contributed by atoms with Gasteiger partial charge in [-0.1, -0.05) is 6.08 Å². The fraction of sp³-hybridized carbons (Fsp3) is 0.333. The van der Waals surface area contributed by atoms with E-state index in [1.165, 1.54) is 18.0 Å². The zero-order chi connectivity index (χ0) is 7.72. The Balaban J connectivity index is 2.83. The summed E-state index contributed by atoms with van der Waals surface area (Å²) in [4.78, 5) is 22.4. The molecular weight excluding hydrogens is 134 g/mol. The van der Waals surface area contributed by atoms with Crippen LogP contribution in [0, 0.1) is 0 Å². The molecule has 0 aromatic heterocycles. The number of esters is 1. The van der Waals surface area contributed by atoms with Crippen LogP contribution in [0.1, 0.15) is 0 Å². The molecule has 0 bridgehead atoms. The van der Waals surface area contributed by atoms with E-state index >= 15 is 0 Å². The van der Waals surface area contributed by atoms with Crippen LogP contribution in [-0.4, -0.2) is 30.1 Å². The highest BCUT2D eigenvalue weighted by Crippen LogP contribution is 2.10. The monoisotopic (exact) mass is 141 g/mol. The lowest BCUT2D eigenvalue weighted by molar-refractivity contribution is -0.134. The molecule has 1 atom stereocenters. The van der Waals surface area contributed by atoms with Crippen molar-refractivity contribution in [2.24, 2.45) is 0 Å². The quantitative estimate of drug-likeness (QED) is 0.296. The zero-order valence-corrected chi connectivity index (χ0v) is 5.53. The summed E-state index contributed by atoms with van der Waals surface area (Å²) in [5.74, 6) is -0.553. The second-order valence-corrected chi connectivity index (χ2v) is 1.98. The molecule has 1 rings (SSSR count). The van der Waals surface area contributed by atoms with Crippen molar-refractivity contribution < 1.29 is 14.3 Å². The molecule has 0 aromatic carbocycles. The van der Waals surface area contributed by atoms with Crippen LogP contribution in [0.5, 0.6) is 0 Å². The molecule has 1 aliphatic heterocycles. The van der Waals surface area contributed by atoms with Crippen LogP contribution in [0.25, 0.3) is 0 Å². The van der Waals surface area contributed by atoms with Crippen LogP contribution in [0.4, 0.5) is 4.79 Å². The molecule has 54 valence electrons. The van der Waals surface area contributed by atoms with Crippen LogP contribution in [0.15, 0.2) is 12.7 Å². The highest BCUT2D eigenvalue weighted by atomic mass is 16.6. The Labute approximate surface area is 58.1 Å². The Kier molecular flexibility index (Phi) is 1.45. The molecule has 0 unspecified atom stereocenters. The van der Waals surface area contributed by atoms with Gasteiger partial charge in [-0.25, -0.2) is 9.59 Å². The van der Waals surface area contributed by atoms with Gasteiger partial charge >= 0.3 is 12.1 Å². The van der Waals surface area contributed by atoms with Gasteiger partial charge in [0.25, 0.3) is 0 Å². The number of nitrogens with zero attached hydrogens (tertiary/aromatic N) is 1. The summed E-state index contributed by atoms with van der Waals surface area (Å²) in [7, 11) is 1.49.